The molecule has 0 fully saturated rings. The van der Waals surface area contributed by atoms with Crippen molar-refractivity contribution in [2.45, 2.75) is 6.92 Å². The van der Waals surface area contributed by atoms with Crippen LogP contribution in [0.1, 0.15) is 6.92 Å². The lowest BCUT2D eigenvalue weighted by atomic mass is 10.3. The van der Waals surface area contributed by atoms with Gasteiger partial charge in [-0.25, -0.2) is 9.97 Å². The third kappa shape index (κ3) is 5.04. The summed E-state index contributed by atoms with van der Waals surface area (Å²) in [5.41, 5.74) is 0. The van der Waals surface area contributed by atoms with Crippen LogP contribution in [0.4, 0.5) is 5.95 Å². The molecular formula is C15H20IN3O2. The highest BCUT2D eigenvalue weighted by Crippen LogP contribution is 2.25. The summed E-state index contributed by atoms with van der Waals surface area (Å²) in [7, 11) is 1.64. The fourth-order valence-corrected chi connectivity index (χ4v) is 1.86. The standard InChI is InChI=1S/C15H19N3O2.HI/c1-3-18(15-16-9-6-10-17-15)11-12-20-14-8-5-4-7-13(14)19-2;/h4-10H,3,11-12H2,1-2H3;1H. The van der Waals surface area contributed by atoms with E-state index in [0.717, 1.165) is 30.5 Å². The molecule has 2 rings (SSSR count). The fraction of sp³-hybridized carbons (Fsp3) is 0.333. The van der Waals surface area contributed by atoms with Crippen molar-refractivity contribution in [3.63, 3.8) is 0 Å². The molecule has 1 aromatic heterocycles. The lowest BCUT2D eigenvalue weighted by molar-refractivity contribution is 0.299. The molecule has 114 valence electrons. The number of nitrogens with zero attached hydrogens (tertiary/aromatic N) is 3. The summed E-state index contributed by atoms with van der Waals surface area (Å²) in [6, 6.07) is 9.43. The molecule has 1 aromatic carbocycles. The summed E-state index contributed by atoms with van der Waals surface area (Å²) in [4.78, 5) is 10.6. The third-order valence-corrected chi connectivity index (χ3v) is 2.90. The molecule has 0 spiro atoms. The van der Waals surface area contributed by atoms with E-state index >= 15 is 0 Å². The zero-order valence-corrected chi connectivity index (χ0v) is 14.6. The van der Waals surface area contributed by atoms with Crippen LogP contribution in [-0.4, -0.2) is 36.8 Å². The molecule has 0 unspecified atom stereocenters. The molecule has 0 bridgehead atoms. The molecule has 0 amide bonds. The van der Waals surface area contributed by atoms with Gasteiger partial charge in [0.15, 0.2) is 11.5 Å². The summed E-state index contributed by atoms with van der Waals surface area (Å²) in [5.74, 6) is 2.21. The minimum Gasteiger partial charge on any atom is -0.493 e. The number of likely N-dealkylation sites (N-methyl/N-ethyl adjacent to an activating group) is 1. The number of hydrogen-bond donors (Lipinski definition) is 0. The van der Waals surface area contributed by atoms with Crippen LogP contribution in [0, 0.1) is 0 Å². The smallest absolute Gasteiger partial charge is 0.225 e. The molecule has 2 aromatic rings. The molecule has 0 saturated heterocycles. The van der Waals surface area contributed by atoms with Crippen LogP contribution in [0.2, 0.25) is 0 Å². The molecule has 0 aliphatic heterocycles. The monoisotopic (exact) mass is 401 g/mol. The zero-order valence-electron chi connectivity index (χ0n) is 12.2. The Bertz CT molecular complexity index is 525. The van der Waals surface area contributed by atoms with E-state index in [2.05, 4.69) is 21.8 Å². The number of aromatic nitrogens is 2. The Morgan fingerprint density at radius 1 is 1.05 bits per heavy atom. The van der Waals surface area contributed by atoms with E-state index in [4.69, 9.17) is 9.47 Å². The maximum Gasteiger partial charge on any atom is 0.225 e. The van der Waals surface area contributed by atoms with Gasteiger partial charge in [0.1, 0.15) is 6.61 Å². The van der Waals surface area contributed by atoms with Gasteiger partial charge in [-0.15, -0.1) is 24.0 Å². The minimum atomic E-state index is 0. The van der Waals surface area contributed by atoms with E-state index in [9.17, 15) is 0 Å². The molecule has 0 aliphatic rings. The van der Waals surface area contributed by atoms with Crippen LogP contribution in [0.25, 0.3) is 0 Å². The summed E-state index contributed by atoms with van der Waals surface area (Å²) in [6.45, 7) is 4.17. The van der Waals surface area contributed by atoms with Crippen molar-refractivity contribution in [1.29, 1.82) is 0 Å². The Balaban J connectivity index is 0.00000220. The molecule has 5 nitrogen and oxygen atoms in total. The van der Waals surface area contributed by atoms with Gasteiger partial charge in [0.2, 0.25) is 5.95 Å². The van der Waals surface area contributed by atoms with Crippen molar-refractivity contribution >= 4 is 29.9 Å². The number of anilines is 1. The number of hydrogen-bond acceptors (Lipinski definition) is 5. The van der Waals surface area contributed by atoms with Crippen molar-refractivity contribution < 1.29 is 9.47 Å². The largest absolute Gasteiger partial charge is 0.493 e. The second-order valence-corrected chi connectivity index (χ2v) is 4.13. The number of ether oxygens (including phenoxy) is 2. The van der Waals surface area contributed by atoms with Crippen LogP contribution >= 0.6 is 24.0 Å². The van der Waals surface area contributed by atoms with Crippen LogP contribution in [0.5, 0.6) is 11.5 Å². The molecule has 21 heavy (non-hydrogen) atoms. The summed E-state index contributed by atoms with van der Waals surface area (Å²) in [5, 5.41) is 0. The first-order valence-electron chi connectivity index (χ1n) is 6.63. The summed E-state index contributed by atoms with van der Waals surface area (Å²) < 4.78 is 11.0. The Labute approximate surface area is 142 Å². The van der Waals surface area contributed by atoms with E-state index < -0.39 is 0 Å². The molecule has 0 saturated carbocycles. The van der Waals surface area contributed by atoms with E-state index in [-0.39, 0.29) is 24.0 Å². The van der Waals surface area contributed by atoms with Gasteiger partial charge in [-0.1, -0.05) is 12.1 Å². The average Bonchev–Trinajstić information content (AvgIpc) is 2.53. The number of methoxy groups -OCH3 is 1. The Hall–Kier alpha value is -1.57. The SMILES string of the molecule is CCN(CCOc1ccccc1OC)c1ncccn1.I. The molecule has 0 radical (unpaired) electrons. The molecule has 0 aliphatic carbocycles. The van der Waals surface area contributed by atoms with Gasteiger partial charge < -0.3 is 14.4 Å². The topological polar surface area (TPSA) is 47.5 Å². The van der Waals surface area contributed by atoms with Crippen LogP contribution in [0.15, 0.2) is 42.7 Å². The Morgan fingerprint density at radius 3 is 2.33 bits per heavy atom. The number of halogens is 1. The van der Waals surface area contributed by atoms with Gasteiger partial charge >= 0.3 is 0 Å². The second kappa shape index (κ2) is 9.38. The maximum absolute atomic E-state index is 5.76. The number of para-hydroxylation sites is 2. The quantitative estimate of drug-likeness (QED) is 0.668. The zero-order chi connectivity index (χ0) is 14.2. The highest BCUT2D eigenvalue weighted by atomic mass is 127. The van der Waals surface area contributed by atoms with Gasteiger partial charge in [-0.2, -0.15) is 0 Å². The van der Waals surface area contributed by atoms with Crippen LogP contribution in [0.3, 0.4) is 0 Å². The van der Waals surface area contributed by atoms with Crippen molar-refractivity contribution in [3.05, 3.63) is 42.7 Å². The highest BCUT2D eigenvalue weighted by molar-refractivity contribution is 14.0. The second-order valence-electron chi connectivity index (χ2n) is 4.13. The first-order valence-corrected chi connectivity index (χ1v) is 6.63. The minimum absolute atomic E-state index is 0. The van der Waals surface area contributed by atoms with Crippen LogP contribution < -0.4 is 14.4 Å². The van der Waals surface area contributed by atoms with E-state index in [1.807, 2.05) is 30.3 Å². The average molecular weight is 401 g/mol. The first kappa shape index (κ1) is 17.5. The van der Waals surface area contributed by atoms with E-state index in [1.54, 1.807) is 19.5 Å². The van der Waals surface area contributed by atoms with Crippen LogP contribution in [-0.2, 0) is 0 Å². The first-order chi connectivity index (χ1) is 9.85. The molecule has 0 N–H and O–H groups in total. The van der Waals surface area contributed by atoms with Gasteiger partial charge in [-0.3, -0.25) is 0 Å². The normalized spacial score (nSPS) is 9.62. The van der Waals surface area contributed by atoms with Crippen molar-refractivity contribution in [2.75, 3.05) is 31.7 Å². The summed E-state index contributed by atoms with van der Waals surface area (Å²) in [6.07, 6.45) is 3.48. The molecule has 0 atom stereocenters. The predicted octanol–water partition coefficient (Wildman–Crippen LogP) is 3.01. The fourth-order valence-electron chi connectivity index (χ4n) is 1.86. The van der Waals surface area contributed by atoms with Crippen molar-refractivity contribution in [1.82, 2.24) is 9.97 Å². The molecule has 6 heteroatoms. The molecular weight excluding hydrogens is 381 g/mol. The van der Waals surface area contributed by atoms with Gasteiger partial charge in [0.25, 0.3) is 0 Å². The predicted molar refractivity (Wildman–Crippen MR) is 93.8 cm³/mol. The third-order valence-electron chi connectivity index (χ3n) is 2.90. The van der Waals surface area contributed by atoms with Gasteiger partial charge in [0, 0.05) is 18.9 Å². The lowest BCUT2D eigenvalue weighted by Crippen LogP contribution is -2.29. The number of rotatable bonds is 7. The Kier molecular flexibility index (Phi) is 7.81. The van der Waals surface area contributed by atoms with E-state index in [0.29, 0.717) is 6.61 Å². The Morgan fingerprint density at radius 2 is 1.71 bits per heavy atom. The summed E-state index contributed by atoms with van der Waals surface area (Å²) >= 11 is 0. The van der Waals surface area contributed by atoms with Crippen molar-refractivity contribution in [2.24, 2.45) is 0 Å². The van der Waals surface area contributed by atoms with E-state index in [1.165, 1.54) is 0 Å². The van der Waals surface area contributed by atoms with Gasteiger partial charge in [-0.05, 0) is 25.1 Å². The van der Waals surface area contributed by atoms with Gasteiger partial charge in [0.05, 0.1) is 13.7 Å². The lowest BCUT2D eigenvalue weighted by Gasteiger charge is -2.20. The van der Waals surface area contributed by atoms with Crippen molar-refractivity contribution in [3.8, 4) is 11.5 Å². The highest BCUT2D eigenvalue weighted by Gasteiger charge is 2.08. The maximum atomic E-state index is 5.76. The number of benzene rings is 1. The molecule has 1 heterocycles.